The molecule has 2 rings (SSSR count). The van der Waals surface area contributed by atoms with E-state index in [0.717, 1.165) is 22.6 Å². The summed E-state index contributed by atoms with van der Waals surface area (Å²) in [6.45, 7) is 4.01. The highest BCUT2D eigenvalue weighted by molar-refractivity contribution is 7.80. The molecule has 2 N–H and O–H groups in total. The third-order valence-electron chi connectivity index (χ3n) is 3.46. The van der Waals surface area contributed by atoms with Crippen LogP contribution in [0.2, 0.25) is 5.02 Å². The fourth-order valence-electron chi connectivity index (χ4n) is 2.09. The van der Waals surface area contributed by atoms with Crippen LogP contribution in [-0.2, 0) is 0 Å². The van der Waals surface area contributed by atoms with Crippen LogP contribution in [0.25, 0.3) is 0 Å². The van der Waals surface area contributed by atoms with E-state index in [-0.39, 0.29) is 6.04 Å². The van der Waals surface area contributed by atoms with Crippen molar-refractivity contribution in [1.82, 2.24) is 5.32 Å². The van der Waals surface area contributed by atoms with Gasteiger partial charge in [0.25, 0.3) is 0 Å². The van der Waals surface area contributed by atoms with Crippen LogP contribution in [0.3, 0.4) is 0 Å². The van der Waals surface area contributed by atoms with E-state index in [2.05, 4.69) is 10.6 Å². The molecule has 116 valence electrons. The summed E-state index contributed by atoms with van der Waals surface area (Å²) in [7, 11) is 1.66. The first-order valence-electron chi connectivity index (χ1n) is 6.98. The Labute approximate surface area is 141 Å². The van der Waals surface area contributed by atoms with Crippen molar-refractivity contribution in [3.8, 4) is 5.75 Å². The van der Waals surface area contributed by atoms with Crippen molar-refractivity contribution in [2.75, 3.05) is 12.4 Å². The lowest BCUT2D eigenvalue weighted by atomic mass is 10.1. The van der Waals surface area contributed by atoms with E-state index in [0.29, 0.717) is 10.1 Å². The minimum Gasteiger partial charge on any atom is -0.497 e. The average molecular weight is 335 g/mol. The standard InChI is InChI=1S/C17H19ClN2OS/c1-11-15(18)8-5-9-16(11)20-17(22)19-12(2)13-6-4-7-14(10-13)21-3/h4-10,12H,1-3H3,(H2,19,20,22). The van der Waals surface area contributed by atoms with E-state index in [1.54, 1.807) is 7.11 Å². The van der Waals surface area contributed by atoms with Gasteiger partial charge in [-0.05, 0) is 61.5 Å². The second kappa shape index (κ2) is 7.47. The molecule has 0 radical (unpaired) electrons. The van der Waals surface area contributed by atoms with E-state index in [1.807, 2.05) is 56.3 Å². The number of benzene rings is 2. The van der Waals surface area contributed by atoms with Gasteiger partial charge in [0.05, 0.1) is 13.2 Å². The van der Waals surface area contributed by atoms with Gasteiger partial charge in [0, 0.05) is 10.7 Å². The molecule has 0 saturated heterocycles. The molecule has 0 aliphatic rings. The zero-order valence-corrected chi connectivity index (χ0v) is 14.4. The van der Waals surface area contributed by atoms with Crippen LogP contribution in [-0.4, -0.2) is 12.2 Å². The molecule has 0 spiro atoms. The Morgan fingerprint density at radius 1 is 1.23 bits per heavy atom. The van der Waals surface area contributed by atoms with Crippen LogP contribution in [0.4, 0.5) is 5.69 Å². The zero-order chi connectivity index (χ0) is 16.1. The Hall–Kier alpha value is -1.78. The first-order chi connectivity index (χ1) is 10.5. The Morgan fingerprint density at radius 2 is 1.95 bits per heavy atom. The van der Waals surface area contributed by atoms with Crippen LogP contribution < -0.4 is 15.4 Å². The van der Waals surface area contributed by atoms with Crippen LogP contribution >= 0.6 is 23.8 Å². The second-order valence-electron chi connectivity index (χ2n) is 5.01. The van der Waals surface area contributed by atoms with E-state index in [9.17, 15) is 0 Å². The third-order valence-corrected chi connectivity index (χ3v) is 4.09. The molecule has 0 bridgehead atoms. The number of methoxy groups -OCH3 is 1. The molecule has 1 unspecified atom stereocenters. The molecule has 2 aromatic rings. The number of hydrogen-bond donors (Lipinski definition) is 2. The van der Waals surface area contributed by atoms with Gasteiger partial charge >= 0.3 is 0 Å². The van der Waals surface area contributed by atoms with E-state index < -0.39 is 0 Å². The quantitative estimate of drug-likeness (QED) is 0.794. The monoisotopic (exact) mass is 334 g/mol. The van der Waals surface area contributed by atoms with Gasteiger partial charge in [-0.1, -0.05) is 29.8 Å². The number of ether oxygens (including phenoxy) is 1. The first kappa shape index (κ1) is 16.6. The van der Waals surface area contributed by atoms with Gasteiger partial charge in [-0.25, -0.2) is 0 Å². The smallest absolute Gasteiger partial charge is 0.171 e. The molecular formula is C17H19ClN2OS. The highest BCUT2D eigenvalue weighted by Crippen LogP contribution is 2.23. The van der Waals surface area contributed by atoms with Crippen LogP contribution in [0, 0.1) is 6.92 Å². The lowest BCUT2D eigenvalue weighted by Crippen LogP contribution is -2.31. The van der Waals surface area contributed by atoms with Gasteiger partial charge in [0.15, 0.2) is 5.11 Å². The van der Waals surface area contributed by atoms with Gasteiger partial charge in [0.2, 0.25) is 0 Å². The van der Waals surface area contributed by atoms with Gasteiger partial charge in [0.1, 0.15) is 5.75 Å². The molecule has 3 nitrogen and oxygen atoms in total. The molecule has 0 amide bonds. The number of thiocarbonyl (C=S) groups is 1. The third kappa shape index (κ3) is 4.12. The van der Waals surface area contributed by atoms with Crippen molar-refractivity contribution in [1.29, 1.82) is 0 Å². The molecule has 0 aromatic heterocycles. The molecule has 0 aliphatic heterocycles. The van der Waals surface area contributed by atoms with E-state index in [1.165, 1.54) is 0 Å². The van der Waals surface area contributed by atoms with Gasteiger partial charge in [-0.3, -0.25) is 0 Å². The Kier molecular flexibility index (Phi) is 5.63. The molecule has 0 fully saturated rings. The average Bonchev–Trinajstić information content (AvgIpc) is 2.51. The molecule has 2 aromatic carbocycles. The topological polar surface area (TPSA) is 33.3 Å². The summed E-state index contributed by atoms with van der Waals surface area (Å²) in [6, 6.07) is 13.7. The number of nitrogens with one attached hydrogen (secondary N) is 2. The summed E-state index contributed by atoms with van der Waals surface area (Å²) in [6.07, 6.45) is 0. The number of rotatable bonds is 4. The van der Waals surface area contributed by atoms with E-state index in [4.69, 9.17) is 28.6 Å². The van der Waals surface area contributed by atoms with Gasteiger partial charge in [-0.15, -0.1) is 0 Å². The van der Waals surface area contributed by atoms with Crippen molar-refractivity contribution in [3.05, 3.63) is 58.6 Å². The molecule has 0 aliphatic carbocycles. The summed E-state index contributed by atoms with van der Waals surface area (Å²) in [5.41, 5.74) is 2.98. The van der Waals surface area contributed by atoms with Crippen molar-refractivity contribution >= 4 is 34.6 Å². The number of anilines is 1. The molecule has 22 heavy (non-hydrogen) atoms. The van der Waals surface area contributed by atoms with Crippen molar-refractivity contribution in [2.24, 2.45) is 0 Å². The Morgan fingerprint density at radius 3 is 2.68 bits per heavy atom. The number of hydrogen-bond acceptors (Lipinski definition) is 2. The highest BCUT2D eigenvalue weighted by atomic mass is 35.5. The second-order valence-corrected chi connectivity index (χ2v) is 5.82. The van der Waals surface area contributed by atoms with Gasteiger partial charge < -0.3 is 15.4 Å². The lowest BCUT2D eigenvalue weighted by Gasteiger charge is -2.19. The predicted molar refractivity (Wildman–Crippen MR) is 97.0 cm³/mol. The summed E-state index contributed by atoms with van der Waals surface area (Å²) in [5.74, 6) is 0.829. The Bertz CT molecular complexity index is 675. The molecular weight excluding hydrogens is 316 g/mol. The maximum Gasteiger partial charge on any atom is 0.171 e. The lowest BCUT2D eigenvalue weighted by molar-refractivity contribution is 0.413. The van der Waals surface area contributed by atoms with Crippen molar-refractivity contribution in [2.45, 2.75) is 19.9 Å². The summed E-state index contributed by atoms with van der Waals surface area (Å²) in [5, 5.41) is 7.72. The molecule has 0 saturated carbocycles. The summed E-state index contributed by atoms with van der Waals surface area (Å²) >= 11 is 11.5. The zero-order valence-electron chi connectivity index (χ0n) is 12.8. The minimum absolute atomic E-state index is 0.0644. The minimum atomic E-state index is 0.0644. The predicted octanol–water partition coefficient (Wildman–Crippen LogP) is 4.70. The number of halogens is 1. The fraction of sp³-hybridized carbons (Fsp3) is 0.235. The van der Waals surface area contributed by atoms with E-state index >= 15 is 0 Å². The fourth-order valence-corrected chi connectivity index (χ4v) is 2.55. The van der Waals surface area contributed by atoms with Crippen molar-refractivity contribution in [3.63, 3.8) is 0 Å². The molecule has 5 heteroatoms. The largest absolute Gasteiger partial charge is 0.497 e. The maximum absolute atomic E-state index is 6.11. The maximum atomic E-state index is 6.11. The first-order valence-corrected chi connectivity index (χ1v) is 7.76. The van der Waals surface area contributed by atoms with Crippen molar-refractivity contribution < 1.29 is 4.74 Å². The summed E-state index contributed by atoms with van der Waals surface area (Å²) < 4.78 is 5.24. The van der Waals surface area contributed by atoms with Crippen LogP contribution in [0.1, 0.15) is 24.1 Å². The van der Waals surface area contributed by atoms with Crippen LogP contribution in [0.15, 0.2) is 42.5 Å². The highest BCUT2D eigenvalue weighted by Gasteiger charge is 2.09. The van der Waals surface area contributed by atoms with Crippen LogP contribution in [0.5, 0.6) is 5.75 Å². The normalized spacial score (nSPS) is 11.6. The molecule has 1 atom stereocenters. The SMILES string of the molecule is COc1cccc(C(C)NC(=S)Nc2cccc(Cl)c2C)c1. The van der Waals surface area contributed by atoms with Gasteiger partial charge in [-0.2, -0.15) is 0 Å². The molecule has 0 heterocycles. The Balaban J connectivity index is 2.03. The summed E-state index contributed by atoms with van der Waals surface area (Å²) in [4.78, 5) is 0.